The van der Waals surface area contributed by atoms with Gasteiger partial charge in [0.1, 0.15) is 0 Å². The number of hydrogen-bond donors (Lipinski definition) is 0. The van der Waals surface area contributed by atoms with Gasteiger partial charge >= 0.3 is 0 Å². The summed E-state index contributed by atoms with van der Waals surface area (Å²) in [5, 5.41) is 21.9. The van der Waals surface area contributed by atoms with E-state index in [0.29, 0.717) is 11.5 Å². The Kier molecular flexibility index (Phi) is 2.50. The summed E-state index contributed by atoms with van der Waals surface area (Å²) in [5.41, 5.74) is -0.0782. The highest BCUT2D eigenvalue weighted by molar-refractivity contribution is 5.48. The Morgan fingerprint density at radius 1 is 1.00 bits per heavy atom. The monoisotopic (exact) mass is 316 g/mol. The minimum absolute atomic E-state index is 0.160. The predicted molar refractivity (Wildman–Crippen MR) is 78.5 cm³/mol. The largest absolute Gasteiger partial charge is 0.373 e. The normalized spacial score (nSPS) is 41.3. The zero-order valence-corrected chi connectivity index (χ0v) is 12.3. The van der Waals surface area contributed by atoms with Crippen molar-refractivity contribution in [2.45, 2.75) is 25.6 Å². The van der Waals surface area contributed by atoms with E-state index >= 15 is 0 Å². The highest BCUT2D eigenvalue weighted by atomic mass is 16.6. The van der Waals surface area contributed by atoms with E-state index < -0.39 is 9.85 Å². The van der Waals surface area contributed by atoms with Crippen molar-refractivity contribution in [2.75, 3.05) is 0 Å². The lowest BCUT2D eigenvalue weighted by Gasteiger charge is -2.68. The third-order valence-corrected chi connectivity index (χ3v) is 6.62. The van der Waals surface area contributed by atoms with Crippen molar-refractivity contribution in [3.05, 3.63) is 44.0 Å². The number of hydrogen-bond acceptors (Lipinski definition) is 5. The topological polar surface area (TPSA) is 95.5 Å². The van der Waals surface area contributed by atoms with Gasteiger partial charge in [0.05, 0.1) is 34.2 Å². The smallest absolute Gasteiger partial charge is 0.281 e. The van der Waals surface area contributed by atoms with Crippen LogP contribution < -0.4 is 0 Å². The lowest BCUT2D eigenvalue weighted by molar-refractivity contribution is -0.394. The first-order chi connectivity index (χ1) is 11.1. The van der Waals surface area contributed by atoms with Gasteiger partial charge < -0.3 is 4.74 Å². The van der Waals surface area contributed by atoms with Crippen LogP contribution in [0.2, 0.25) is 0 Å². The van der Waals surface area contributed by atoms with Gasteiger partial charge in [-0.3, -0.25) is 20.2 Å². The average molecular weight is 316 g/mol. The van der Waals surface area contributed by atoms with Gasteiger partial charge in [0.15, 0.2) is 0 Å². The van der Waals surface area contributed by atoms with Crippen molar-refractivity contribution in [2.24, 2.45) is 35.5 Å². The molecule has 0 N–H and O–H groups in total. The molecule has 0 saturated heterocycles. The van der Waals surface area contributed by atoms with Crippen molar-refractivity contribution < 1.29 is 14.6 Å². The Labute approximate surface area is 131 Å². The van der Waals surface area contributed by atoms with Crippen molar-refractivity contribution in [3.63, 3.8) is 0 Å². The molecule has 0 aliphatic heterocycles. The number of rotatable bonds is 5. The van der Waals surface area contributed by atoms with Crippen LogP contribution in [-0.2, 0) is 11.3 Å². The van der Waals surface area contributed by atoms with Gasteiger partial charge in [0.25, 0.3) is 11.4 Å². The summed E-state index contributed by atoms with van der Waals surface area (Å²) in [5.74, 6) is 5.27. The molecule has 0 unspecified atom stereocenters. The van der Waals surface area contributed by atoms with Crippen LogP contribution in [-0.4, -0.2) is 16.0 Å². The molecule has 0 spiro atoms. The molecule has 4 aliphatic carbocycles. The fourth-order valence-electron chi connectivity index (χ4n) is 5.49. The minimum atomic E-state index is -0.620. The molecule has 5 rings (SSSR count). The summed E-state index contributed by atoms with van der Waals surface area (Å²) in [7, 11) is 0. The Balaban J connectivity index is 1.27. The molecule has 7 atom stereocenters. The molecular formula is C16H16N2O5. The van der Waals surface area contributed by atoms with Gasteiger partial charge in [0.2, 0.25) is 0 Å². The average Bonchev–Trinajstić information content (AvgIpc) is 3.20. The van der Waals surface area contributed by atoms with Crippen molar-refractivity contribution in [3.8, 4) is 0 Å². The van der Waals surface area contributed by atoms with Gasteiger partial charge in [-0.2, -0.15) is 0 Å². The molecule has 4 saturated carbocycles. The van der Waals surface area contributed by atoms with E-state index in [1.165, 1.54) is 18.6 Å². The molecule has 0 bridgehead atoms. The van der Waals surface area contributed by atoms with Crippen LogP contribution in [0, 0.1) is 55.7 Å². The van der Waals surface area contributed by atoms with Crippen LogP contribution in [0.25, 0.3) is 0 Å². The summed E-state index contributed by atoms with van der Waals surface area (Å²) in [6.07, 6.45) is 2.70. The van der Waals surface area contributed by atoms with E-state index in [-0.39, 0.29) is 24.1 Å². The van der Waals surface area contributed by atoms with Crippen LogP contribution in [0.5, 0.6) is 0 Å². The standard InChI is InChI=1S/C16H16N2O5/c19-17(20)8-2-1-7(12(3-8)18(21)22)6-23-13-5-11-14-9-4-10(9)16(14)15(11)13/h1-3,9-11,13-16H,4-6H2/t9-,10+,11-,13+,14+,15-,16+/m0/s1. The van der Waals surface area contributed by atoms with Crippen LogP contribution in [0.4, 0.5) is 11.4 Å². The maximum Gasteiger partial charge on any atom is 0.281 e. The summed E-state index contributed by atoms with van der Waals surface area (Å²) >= 11 is 0. The first-order valence-electron chi connectivity index (χ1n) is 8.09. The zero-order valence-electron chi connectivity index (χ0n) is 12.3. The highest BCUT2D eigenvalue weighted by Crippen LogP contribution is 2.81. The van der Waals surface area contributed by atoms with E-state index in [1.807, 2.05) is 0 Å². The van der Waals surface area contributed by atoms with Crippen molar-refractivity contribution >= 4 is 11.4 Å². The Morgan fingerprint density at radius 3 is 2.52 bits per heavy atom. The van der Waals surface area contributed by atoms with Gasteiger partial charge in [0, 0.05) is 6.07 Å². The Bertz CT molecular complexity index is 735. The lowest BCUT2D eigenvalue weighted by Crippen LogP contribution is -2.67. The van der Waals surface area contributed by atoms with E-state index in [2.05, 4.69) is 0 Å². The van der Waals surface area contributed by atoms with Gasteiger partial charge in [-0.05, 0) is 54.4 Å². The van der Waals surface area contributed by atoms with Crippen LogP contribution in [0.1, 0.15) is 18.4 Å². The minimum Gasteiger partial charge on any atom is -0.373 e. The number of nitro groups is 2. The molecule has 4 aliphatic rings. The van der Waals surface area contributed by atoms with Crippen molar-refractivity contribution in [1.29, 1.82) is 0 Å². The summed E-state index contributed by atoms with van der Waals surface area (Å²) in [4.78, 5) is 20.7. The molecule has 0 radical (unpaired) electrons. The zero-order chi connectivity index (χ0) is 15.9. The van der Waals surface area contributed by atoms with E-state index in [1.54, 1.807) is 0 Å². The summed E-state index contributed by atoms with van der Waals surface area (Å²) in [6, 6.07) is 3.76. The fraction of sp³-hybridized carbons (Fsp3) is 0.625. The third-order valence-electron chi connectivity index (χ3n) is 6.62. The number of ether oxygens (including phenoxy) is 1. The molecule has 0 heterocycles. The molecule has 1 aromatic rings. The van der Waals surface area contributed by atoms with Gasteiger partial charge in [-0.15, -0.1) is 0 Å². The number of nitrogens with zero attached hydrogens (tertiary/aromatic N) is 2. The number of non-ortho nitro benzene ring substituents is 1. The number of fused-ring (bicyclic) bond motifs is 7. The molecule has 0 aromatic heterocycles. The number of benzene rings is 1. The van der Waals surface area contributed by atoms with Crippen LogP contribution in [0.15, 0.2) is 18.2 Å². The second-order valence-electron chi connectivity index (χ2n) is 7.37. The maximum atomic E-state index is 11.1. The van der Waals surface area contributed by atoms with Crippen LogP contribution >= 0.6 is 0 Å². The molecule has 4 fully saturated rings. The SMILES string of the molecule is O=[N+]([O-])c1ccc(CO[C@@H]2C[C@H]3[C@H]4[C@H]5C[C@H]5[C@H]4[C@@H]32)c([N+](=O)[O-])c1. The third kappa shape index (κ3) is 1.68. The van der Waals surface area contributed by atoms with E-state index in [9.17, 15) is 20.2 Å². The number of nitro benzene ring substituents is 2. The molecule has 1 aromatic carbocycles. The molecule has 23 heavy (non-hydrogen) atoms. The van der Waals surface area contributed by atoms with E-state index in [4.69, 9.17) is 4.74 Å². The van der Waals surface area contributed by atoms with Gasteiger partial charge in [-0.25, -0.2) is 0 Å². The van der Waals surface area contributed by atoms with Crippen LogP contribution in [0.3, 0.4) is 0 Å². The predicted octanol–water partition coefficient (Wildman–Crippen LogP) is 2.92. The van der Waals surface area contributed by atoms with Crippen molar-refractivity contribution in [1.82, 2.24) is 0 Å². The van der Waals surface area contributed by atoms with Gasteiger partial charge in [-0.1, -0.05) is 0 Å². The second-order valence-corrected chi connectivity index (χ2v) is 7.37. The second kappa shape index (κ2) is 4.29. The Morgan fingerprint density at radius 2 is 1.78 bits per heavy atom. The quantitative estimate of drug-likeness (QED) is 0.614. The molecule has 120 valence electrons. The summed E-state index contributed by atoms with van der Waals surface area (Å²) in [6.45, 7) is 0.160. The first-order valence-corrected chi connectivity index (χ1v) is 8.09. The van der Waals surface area contributed by atoms with E-state index in [0.717, 1.165) is 42.1 Å². The highest BCUT2D eigenvalue weighted by Gasteiger charge is 2.77. The fourth-order valence-corrected chi connectivity index (χ4v) is 5.49. The molecule has 7 heteroatoms. The first kappa shape index (κ1) is 13.4. The summed E-state index contributed by atoms with van der Waals surface area (Å²) < 4.78 is 5.93. The Hall–Kier alpha value is -2.02. The molecule has 0 amide bonds. The molecular weight excluding hydrogens is 300 g/mol. The molecule has 7 nitrogen and oxygen atoms in total. The lowest BCUT2D eigenvalue weighted by atomic mass is 9.38. The maximum absolute atomic E-state index is 11.1.